The zero-order valence-electron chi connectivity index (χ0n) is 8.85. The van der Waals surface area contributed by atoms with E-state index in [-0.39, 0.29) is 11.9 Å². The predicted octanol–water partition coefficient (Wildman–Crippen LogP) is 3.54. The van der Waals surface area contributed by atoms with Crippen LogP contribution in [0, 0.1) is 3.57 Å². The maximum atomic E-state index is 5.94. The molecule has 1 aromatic carbocycles. The third-order valence-electron chi connectivity index (χ3n) is 1.88. The van der Waals surface area contributed by atoms with Gasteiger partial charge in [0.25, 0.3) is 0 Å². The van der Waals surface area contributed by atoms with E-state index in [4.69, 9.17) is 21.1 Å². The Morgan fingerprint density at radius 2 is 2.18 bits per heavy atom. The largest absolute Gasteiger partial charge is 0.467 e. The van der Waals surface area contributed by atoms with E-state index in [9.17, 15) is 0 Å². The van der Waals surface area contributed by atoms with Gasteiger partial charge in [-0.1, -0.05) is 17.7 Å². The summed E-state index contributed by atoms with van der Waals surface area (Å²) in [7, 11) is 1.48. The van der Waals surface area contributed by atoms with Crippen molar-refractivity contribution in [1.82, 2.24) is 9.97 Å². The van der Waals surface area contributed by atoms with Gasteiger partial charge in [0.05, 0.1) is 13.3 Å². The Kier molecular flexibility index (Phi) is 4.01. The molecule has 0 amide bonds. The maximum Gasteiger partial charge on any atom is 0.319 e. The van der Waals surface area contributed by atoms with Gasteiger partial charge in [-0.2, -0.15) is 4.98 Å². The summed E-state index contributed by atoms with van der Waals surface area (Å²) < 4.78 is 11.5. The summed E-state index contributed by atoms with van der Waals surface area (Å²) in [6.07, 6.45) is 1.44. The first-order chi connectivity index (χ1) is 8.19. The van der Waals surface area contributed by atoms with Crippen LogP contribution >= 0.6 is 34.2 Å². The second-order valence-corrected chi connectivity index (χ2v) is 4.72. The number of methoxy groups -OCH3 is 1. The van der Waals surface area contributed by atoms with Gasteiger partial charge in [-0.25, -0.2) is 4.98 Å². The standard InChI is InChI=1S/C11H8ClIN2O2/c1-16-11-14-6-9(12)10(15-11)17-8-4-2-3-7(13)5-8/h2-6H,1H3. The minimum absolute atomic E-state index is 0.218. The Labute approximate surface area is 117 Å². The molecule has 0 bridgehead atoms. The molecule has 17 heavy (non-hydrogen) atoms. The predicted molar refractivity (Wildman–Crippen MR) is 72.8 cm³/mol. The minimum Gasteiger partial charge on any atom is -0.467 e. The number of nitrogens with zero attached hydrogens (tertiary/aromatic N) is 2. The number of benzene rings is 1. The molecule has 0 saturated carbocycles. The van der Waals surface area contributed by atoms with Crippen molar-refractivity contribution in [3.63, 3.8) is 0 Å². The normalized spacial score (nSPS) is 10.1. The van der Waals surface area contributed by atoms with Crippen LogP contribution in [-0.2, 0) is 0 Å². The van der Waals surface area contributed by atoms with E-state index in [1.807, 2.05) is 24.3 Å². The average Bonchev–Trinajstić information content (AvgIpc) is 2.32. The molecule has 88 valence electrons. The molecule has 0 atom stereocenters. The second kappa shape index (κ2) is 5.50. The molecule has 1 aromatic heterocycles. The molecule has 0 aliphatic carbocycles. The molecule has 6 heteroatoms. The van der Waals surface area contributed by atoms with Gasteiger partial charge in [-0.15, -0.1) is 0 Å². The highest BCUT2D eigenvalue weighted by molar-refractivity contribution is 14.1. The summed E-state index contributed by atoms with van der Waals surface area (Å²) in [6, 6.07) is 7.78. The fraction of sp³-hybridized carbons (Fsp3) is 0.0909. The monoisotopic (exact) mass is 362 g/mol. The van der Waals surface area contributed by atoms with Crippen LogP contribution < -0.4 is 9.47 Å². The molecule has 2 aromatic rings. The highest BCUT2D eigenvalue weighted by Gasteiger charge is 2.08. The van der Waals surface area contributed by atoms with E-state index in [1.54, 1.807) is 0 Å². The summed E-state index contributed by atoms with van der Waals surface area (Å²) in [5, 5.41) is 0.338. The lowest BCUT2D eigenvalue weighted by atomic mass is 10.3. The Hall–Kier alpha value is -1.08. The number of hydrogen-bond acceptors (Lipinski definition) is 4. The minimum atomic E-state index is 0.218. The quantitative estimate of drug-likeness (QED) is 0.784. The molecule has 0 aliphatic heterocycles. The summed E-state index contributed by atoms with van der Waals surface area (Å²) >= 11 is 8.14. The lowest BCUT2D eigenvalue weighted by molar-refractivity contribution is 0.366. The highest BCUT2D eigenvalue weighted by Crippen LogP contribution is 2.28. The highest BCUT2D eigenvalue weighted by atomic mass is 127. The smallest absolute Gasteiger partial charge is 0.319 e. The van der Waals surface area contributed by atoms with Crippen molar-refractivity contribution in [2.24, 2.45) is 0 Å². The Balaban J connectivity index is 2.29. The summed E-state index contributed by atoms with van der Waals surface area (Å²) in [5.74, 6) is 0.945. The van der Waals surface area contributed by atoms with Crippen LogP contribution in [0.4, 0.5) is 0 Å². The molecular weight excluding hydrogens is 354 g/mol. The number of rotatable bonds is 3. The van der Waals surface area contributed by atoms with Crippen molar-refractivity contribution in [3.8, 4) is 17.6 Å². The SMILES string of the molecule is COc1ncc(Cl)c(Oc2cccc(I)c2)n1. The van der Waals surface area contributed by atoms with E-state index >= 15 is 0 Å². The van der Waals surface area contributed by atoms with Crippen LogP contribution in [0.3, 0.4) is 0 Å². The first-order valence-electron chi connectivity index (χ1n) is 4.69. The van der Waals surface area contributed by atoms with Crippen LogP contribution in [0.15, 0.2) is 30.5 Å². The van der Waals surface area contributed by atoms with E-state index in [1.165, 1.54) is 13.3 Å². The average molecular weight is 363 g/mol. The number of aromatic nitrogens is 2. The molecule has 0 unspecified atom stereocenters. The first kappa shape index (κ1) is 12.4. The zero-order chi connectivity index (χ0) is 12.3. The van der Waals surface area contributed by atoms with Gasteiger partial charge in [0.15, 0.2) is 0 Å². The van der Waals surface area contributed by atoms with E-state index < -0.39 is 0 Å². The van der Waals surface area contributed by atoms with Gasteiger partial charge < -0.3 is 9.47 Å². The van der Waals surface area contributed by atoms with Crippen LogP contribution in [0.25, 0.3) is 0 Å². The van der Waals surface area contributed by atoms with Crippen LogP contribution in [0.5, 0.6) is 17.6 Å². The van der Waals surface area contributed by atoms with Crippen LogP contribution in [0.2, 0.25) is 5.02 Å². The van der Waals surface area contributed by atoms with E-state index in [0.717, 1.165) is 3.57 Å². The lowest BCUT2D eigenvalue weighted by Gasteiger charge is -2.07. The Morgan fingerprint density at radius 3 is 2.88 bits per heavy atom. The third-order valence-corrected chi connectivity index (χ3v) is 2.81. The van der Waals surface area contributed by atoms with Crippen molar-refractivity contribution in [2.75, 3.05) is 7.11 Å². The molecule has 2 rings (SSSR count). The fourth-order valence-corrected chi connectivity index (χ4v) is 1.79. The molecule has 0 fully saturated rings. The van der Waals surface area contributed by atoms with Crippen molar-refractivity contribution < 1.29 is 9.47 Å². The van der Waals surface area contributed by atoms with Crippen molar-refractivity contribution in [2.45, 2.75) is 0 Å². The molecule has 0 N–H and O–H groups in total. The summed E-state index contributed by atoms with van der Waals surface area (Å²) in [5.41, 5.74) is 0. The van der Waals surface area contributed by atoms with Gasteiger partial charge in [0.2, 0.25) is 5.88 Å². The molecule has 4 nitrogen and oxygen atoms in total. The van der Waals surface area contributed by atoms with E-state index in [2.05, 4.69) is 32.6 Å². The first-order valence-corrected chi connectivity index (χ1v) is 6.14. The van der Waals surface area contributed by atoms with Gasteiger partial charge >= 0.3 is 6.01 Å². The second-order valence-electron chi connectivity index (χ2n) is 3.07. The lowest BCUT2D eigenvalue weighted by Crippen LogP contribution is -1.95. The number of hydrogen-bond donors (Lipinski definition) is 0. The maximum absolute atomic E-state index is 5.94. The van der Waals surface area contributed by atoms with Crippen molar-refractivity contribution in [3.05, 3.63) is 39.1 Å². The molecular formula is C11H8ClIN2O2. The molecule has 0 radical (unpaired) electrons. The number of ether oxygens (including phenoxy) is 2. The van der Waals surface area contributed by atoms with Gasteiger partial charge in [-0.3, -0.25) is 0 Å². The van der Waals surface area contributed by atoms with E-state index in [0.29, 0.717) is 10.8 Å². The Morgan fingerprint density at radius 1 is 1.35 bits per heavy atom. The zero-order valence-corrected chi connectivity index (χ0v) is 11.8. The van der Waals surface area contributed by atoms with Crippen LogP contribution in [-0.4, -0.2) is 17.1 Å². The summed E-state index contributed by atoms with van der Waals surface area (Å²) in [4.78, 5) is 7.90. The third kappa shape index (κ3) is 3.19. The van der Waals surface area contributed by atoms with Gasteiger partial charge in [-0.05, 0) is 40.8 Å². The van der Waals surface area contributed by atoms with Gasteiger partial charge in [0, 0.05) is 3.57 Å². The fourth-order valence-electron chi connectivity index (χ4n) is 1.15. The molecule has 0 saturated heterocycles. The van der Waals surface area contributed by atoms with Crippen molar-refractivity contribution in [1.29, 1.82) is 0 Å². The molecule has 0 spiro atoms. The molecule has 0 aliphatic rings. The van der Waals surface area contributed by atoms with Crippen molar-refractivity contribution >= 4 is 34.2 Å². The summed E-state index contributed by atoms with van der Waals surface area (Å²) in [6.45, 7) is 0. The Bertz CT molecular complexity index is 537. The van der Waals surface area contributed by atoms with Crippen LogP contribution in [0.1, 0.15) is 0 Å². The number of halogens is 2. The van der Waals surface area contributed by atoms with Gasteiger partial charge in [0.1, 0.15) is 10.8 Å². The topological polar surface area (TPSA) is 44.2 Å². The molecule has 1 heterocycles.